The molecule has 1 aliphatic rings. The fourth-order valence-electron chi connectivity index (χ4n) is 2.71. The van der Waals surface area contributed by atoms with Gasteiger partial charge in [0, 0.05) is 38.3 Å². The first-order valence-corrected chi connectivity index (χ1v) is 10.4. The number of ether oxygens (including phenoxy) is 2. The molecule has 1 aromatic carbocycles. The monoisotopic (exact) mass is 385 g/mol. The highest BCUT2D eigenvalue weighted by molar-refractivity contribution is 7.88. The van der Waals surface area contributed by atoms with Gasteiger partial charge in [0.05, 0.1) is 33.1 Å². The fraction of sp³-hybridized carbons (Fsp3) is 0.588. The van der Waals surface area contributed by atoms with Crippen molar-refractivity contribution < 1.29 is 22.7 Å². The van der Waals surface area contributed by atoms with Crippen LogP contribution >= 0.6 is 0 Å². The van der Waals surface area contributed by atoms with Crippen LogP contribution in [-0.2, 0) is 26.1 Å². The van der Waals surface area contributed by atoms with Crippen molar-refractivity contribution in [1.29, 1.82) is 0 Å². The van der Waals surface area contributed by atoms with Crippen molar-refractivity contribution in [3.63, 3.8) is 0 Å². The van der Waals surface area contributed by atoms with Crippen molar-refractivity contribution in [2.75, 3.05) is 59.3 Å². The minimum Gasteiger partial charge on any atom is -0.496 e. The third-order valence-corrected chi connectivity index (χ3v) is 5.38. The van der Waals surface area contributed by atoms with Gasteiger partial charge in [-0.05, 0) is 6.07 Å². The summed E-state index contributed by atoms with van der Waals surface area (Å²) in [6.45, 7) is 4.16. The second-order valence-electron chi connectivity index (χ2n) is 6.15. The van der Waals surface area contributed by atoms with Crippen molar-refractivity contribution in [2.45, 2.75) is 6.54 Å². The molecule has 1 saturated heterocycles. The maximum atomic E-state index is 12.2. The second-order valence-corrected chi connectivity index (χ2v) is 8.13. The van der Waals surface area contributed by atoms with Crippen LogP contribution in [0.2, 0.25) is 0 Å². The molecule has 0 bridgehead atoms. The average molecular weight is 385 g/mol. The molecule has 1 amide bonds. The predicted octanol–water partition coefficient (Wildman–Crippen LogP) is -0.0948. The first-order valence-electron chi connectivity index (χ1n) is 8.54. The number of hydrogen-bond acceptors (Lipinski definition) is 6. The molecule has 2 rings (SSSR count). The average Bonchev–Trinajstić information content (AvgIpc) is 2.61. The molecule has 0 spiro atoms. The molecule has 0 saturated carbocycles. The van der Waals surface area contributed by atoms with Gasteiger partial charge in [-0.25, -0.2) is 8.42 Å². The minimum absolute atomic E-state index is 0.0831. The Hall–Kier alpha value is -1.68. The van der Waals surface area contributed by atoms with E-state index in [4.69, 9.17) is 9.47 Å². The van der Waals surface area contributed by atoms with Gasteiger partial charge in [0.2, 0.25) is 15.9 Å². The number of morpholine rings is 1. The largest absolute Gasteiger partial charge is 0.496 e. The van der Waals surface area contributed by atoms with Crippen LogP contribution < -0.4 is 10.1 Å². The van der Waals surface area contributed by atoms with Gasteiger partial charge in [0.15, 0.2) is 0 Å². The van der Waals surface area contributed by atoms with Gasteiger partial charge >= 0.3 is 0 Å². The predicted molar refractivity (Wildman–Crippen MR) is 98.5 cm³/mol. The summed E-state index contributed by atoms with van der Waals surface area (Å²) < 4.78 is 35.8. The molecular weight excluding hydrogens is 358 g/mol. The number of amides is 1. The third-order valence-electron chi connectivity index (χ3n) is 4.18. The van der Waals surface area contributed by atoms with Gasteiger partial charge in [-0.1, -0.05) is 18.2 Å². The van der Waals surface area contributed by atoms with E-state index in [-0.39, 0.29) is 19.0 Å². The van der Waals surface area contributed by atoms with E-state index in [0.29, 0.717) is 31.1 Å². The Balaban J connectivity index is 1.89. The quantitative estimate of drug-likeness (QED) is 0.639. The van der Waals surface area contributed by atoms with E-state index >= 15 is 0 Å². The lowest BCUT2D eigenvalue weighted by Crippen LogP contribution is -2.44. The van der Waals surface area contributed by atoms with E-state index in [1.54, 1.807) is 18.2 Å². The lowest BCUT2D eigenvalue weighted by molar-refractivity contribution is -0.121. The number of rotatable bonds is 9. The molecule has 8 nitrogen and oxygen atoms in total. The van der Waals surface area contributed by atoms with E-state index < -0.39 is 10.0 Å². The summed E-state index contributed by atoms with van der Waals surface area (Å²) in [5.41, 5.74) is 0.710. The maximum Gasteiger partial charge on any atom is 0.235 e. The topological polar surface area (TPSA) is 88.2 Å². The van der Waals surface area contributed by atoms with Gasteiger partial charge in [0.1, 0.15) is 5.75 Å². The van der Waals surface area contributed by atoms with Crippen LogP contribution in [0.5, 0.6) is 5.75 Å². The van der Waals surface area contributed by atoms with E-state index in [9.17, 15) is 13.2 Å². The number of hydrogen-bond donors (Lipinski definition) is 1. The molecule has 0 unspecified atom stereocenters. The SMILES string of the molecule is COc1ccccc1CN(CC(=O)NCCN1CCOCC1)S(C)(=O)=O. The Morgan fingerprint density at radius 1 is 1.31 bits per heavy atom. The zero-order valence-corrected chi connectivity index (χ0v) is 16.1. The summed E-state index contributed by atoms with van der Waals surface area (Å²) in [6.07, 6.45) is 1.10. The van der Waals surface area contributed by atoms with Crippen LogP contribution in [0.1, 0.15) is 5.56 Å². The van der Waals surface area contributed by atoms with Crippen molar-refractivity contribution >= 4 is 15.9 Å². The molecule has 26 heavy (non-hydrogen) atoms. The zero-order chi connectivity index (χ0) is 19.0. The Kier molecular flexibility index (Phi) is 7.83. The lowest BCUT2D eigenvalue weighted by atomic mass is 10.2. The molecule has 0 aliphatic carbocycles. The van der Waals surface area contributed by atoms with Gasteiger partial charge < -0.3 is 14.8 Å². The highest BCUT2D eigenvalue weighted by atomic mass is 32.2. The van der Waals surface area contributed by atoms with Crippen LogP contribution in [0.4, 0.5) is 0 Å². The van der Waals surface area contributed by atoms with E-state index in [0.717, 1.165) is 30.2 Å². The number of carbonyl (C=O) groups excluding carboxylic acids is 1. The van der Waals surface area contributed by atoms with Gasteiger partial charge in [-0.2, -0.15) is 4.31 Å². The number of nitrogens with one attached hydrogen (secondary N) is 1. The summed E-state index contributed by atoms with van der Waals surface area (Å²) in [6, 6.07) is 7.16. The summed E-state index contributed by atoms with van der Waals surface area (Å²) in [7, 11) is -2.01. The third kappa shape index (κ3) is 6.56. The molecule has 9 heteroatoms. The van der Waals surface area contributed by atoms with Gasteiger partial charge in [0.25, 0.3) is 0 Å². The lowest BCUT2D eigenvalue weighted by Gasteiger charge is -2.26. The number of benzene rings is 1. The number of para-hydroxylation sites is 1. The van der Waals surface area contributed by atoms with Gasteiger partial charge in [-0.3, -0.25) is 9.69 Å². The first kappa shape index (κ1) is 20.6. The molecule has 0 atom stereocenters. The smallest absolute Gasteiger partial charge is 0.235 e. The van der Waals surface area contributed by atoms with Crippen molar-refractivity contribution in [3.8, 4) is 5.75 Å². The molecule has 1 aromatic rings. The van der Waals surface area contributed by atoms with Crippen LogP contribution in [0.15, 0.2) is 24.3 Å². The summed E-state index contributed by atoms with van der Waals surface area (Å²) in [5.74, 6) is 0.271. The van der Waals surface area contributed by atoms with Crippen molar-refractivity contribution in [3.05, 3.63) is 29.8 Å². The Morgan fingerprint density at radius 2 is 2.00 bits per heavy atom. The number of nitrogens with zero attached hydrogens (tertiary/aromatic N) is 2. The molecule has 1 N–H and O–H groups in total. The summed E-state index contributed by atoms with van der Waals surface area (Å²) in [4.78, 5) is 14.4. The van der Waals surface area contributed by atoms with Crippen molar-refractivity contribution in [1.82, 2.24) is 14.5 Å². The van der Waals surface area contributed by atoms with E-state index in [1.165, 1.54) is 7.11 Å². The van der Waals surface area contributed by atoms with E-state index in [2.05, 4.69) is 10.2 Å². The van der Waals surface area contributed by atoms with Crippen LogP contribution in [-0.4, -0.2) is 82.8 Å². The number of methoxy groups -OCH3 is 1. The highest BCUT2D eigenvalue weighted by Gasteiger charge is 2.22. The molecule has 1 aliphatic heterocycles. The molecule has 1 fully saturated rings. The first-order chi connectivity index (χ1) is 12.4. The number of sulfonamides is 1. The molecule has 0 aromatic heterocycles. The van der Waals surface area contributed by atoms with Crippen LogP contribution in [0.3, 0.4) is 0 Å². The Labute approximate surface area is 155 Å². The minimum atomic E-state index is -3.54. The van der Waals surface area contributed by atoms with Gasteiger partial charge in [-0.15, -0.1) is 0 Å². The van der Waals surface area contributed by atoms with Crippen LogP contribution in [0, 0.1) is 0 Å². The van der Waals surface area contributed by atoms with E-state index in [1.807, 2.05) is 6.07 Å². The van der Waals surface area contributed by atoms with Crippen LogP contribution in [0.25, 0.3) is 0 Å². The Bertz CT molecular complexity index is 689. The molecular formula is C17H27N3O5S. The van der Waals surface area contributed by atoms with Crippen molar-refractivity contribution in [2.24, 2.45) is 0 Å². The molecule has 0 radical (unpaired) electrons. The molecule has 1 heterocycles. The zero-order valence-electron chi connectivity index (χ0n) is 15.3. The maximum absolute atomic E-state index is 12.2. The highest BCUT2D eigenvalue weighted by Crippen LogP contribution is 2.20. The second kappa shape index (κ2) is 9.86. The summed E-state index contributed by atoms with van der Waals surface area (Å²) >= 11 is 0. The Morgan fingerprint density at radius 3 is 2.65 bits per heavy atom. The standard InChI is InChI=1S/C17H27N3O5S/c1-24-16-6-4-3-5-15(16)13-20(26(2,22)23)14-17(21)18-7-8-19-9-11-25-12-10-19/h3-6H,7-14H2,1-2H3,(H,18,21). The summed E-state index contributed by atoms with van der Waals surface area (Å²) in [5, 5.41) is 2.79. The fourth-order valence-corrected chi connectivity index (χ4v) is 3.43. The molecule has 146 valence electrons. The number of carbonyl (C=O) groups is 1. The normalized spacial score (nSPS) is 15.8.